The van der Waals surface area contributed by atoms with E-state index in [2.05, 4.69) is 5.32 Å². The van der Waals surface area contributed by atoms with Crippen LogP contribution in [0.4, 0.5) is 5.69 Å². The zero-order valence-corrected chi connectivity index (χ0v) is 28.0. The number of nitrogens with zero attached hydrogens (tertiary/aromatic N) is 2. The summed E-state index contributed by atoms with van der Waals surface area (Å²) in [4.78, 5) is 29.5. The SMILES string of the molecule is CCC(C(=O)NC1CCCCC1)N(Cc1c(Cl)cccc1Cl)C(=O)CN(c1ccccc1OC)S(=O)(=O)c1ccc(OC)cc1. The molecule has 242 valence electrons. The molecule has 1 N–H and O–H groups in total. The lowest BCUT2D eigenvalue weighted by Crippen LogP contribution is -2.54. The summed E-state index contributed by atoms with van der Waals surface area (Å²) in [5, 5.41) is 3.79. The molecule has 1 aliphatic carbocycles. The molecule has 0 radical (unpaired) electrons. The number of nitrogens with one attached hydrogen (secondary N) is 1. The lowest BCUT2D eigenvalue weighted by molar-refractivity contribution is -0.140. The first-order valence-corrected chi connectivity index (χ1v) is 17.1. The van der Waals surface area contributed by atoms with Gasteiger partial charge in [0.1, 0.15) is 24.1 Å². The van der Waals surface area contributed by atoms with E-state index in [1.165, 1.54) is 43.4 Å². The van der Waals surface area contributed by atoms with Crippen LogP contribution in [0.3, 0.4) is 0 Å². The third-order valence-corrected chi connectivity index (χ3v) is 10.5. The standard InChI is InChI=1S/C33H39Cl2N3O6S/c1-4-29(33(40)36-23-11-6-5-7-12-23)37(21-26-27(34)13-10-14-28(26)35)32(39)22-38(30-15-8-9-16-31(30)44-3)45(41,42)25-19-17-24(43-2)18-20-25/h8-10,13-20,23,29H,4-7,11-12,21-22H2,1-3H3,(H,36,40). The number of carbonyl (C=O) groups excluding carboxylic acids is 2. The smallest absolute Gasteiger partial charge is 0.264 e. The van der Waals surface area contributed by atoms with Gasteiger partial charge in [0.2, 0.25) is 11.8 Å². The molecule has 0 aliphatic heterocycles. The molecule has 1 unspecified atom stereocenters. The number of carbonyl (C=O) groups is 2. The Hall–Kier alpha value is -3.47. The number of sulfonamides is 1. The van der Waals surface area contributed by atoms with Crippen LogP contribution in [0.1, 0.15) is 51.0 Å². The molecule has 9 nitrogen and oxygen atoms in total. The summed E-state index contributed by atoms with van der Waals surface area (Å²) < 4.78 is 40.1. The molecule has 0 saturated heterocycles. The number of methoxy groups -OCH3 is 2. The first kappa shape index (κ1) is 34.4. The Bertz CT molecular complexity index is 1560. The number of rotatable bonds is 13. The molecule has 4 rings (SSSR count). The van der Waals surface area contributed by atoms with Crippen LogP contribution >= 0.6 is 23.2 Å². The molecule has 1 saturated carbocycles. The molecular weight excluding hydrogens is 637 g/mol. The molecular formula is C33H39Cl2N3O6S. The van der Waals surface area contributed by atoms with Crippen LogP contribution in [0.5, 0.6) is 11.5 Å². The van der Waals surface area contributed by atoms with Gasteiger partial charge in [0.05, 0.1) is 24.8 Å². The second kappa shape index (κ2) is 15.7. The Labute approximate surface area is 275 Å². The maximum absolute atomic E-state index is 14.4. The molecule has 2 amide bonds. The normalized spacial score (nSPS) is 14.3. The summed E-state index contributed by atoms with van der Waals surface area (Å²) in [5.41, 5.74) is 0.625. The third kappa shape index (κ3) is 8.23. The lowest BCUT2D eigenvalue weighted by Gasteiger charge is -2.35. The van der Waals surface area contributed by atoms with Gasteiger partial charge in [-0.15, -0.1) is 0 Å². The molecule has 0 bridgehead atoms. The Morgan fingerprint density at radius 3 is 2.16 bits per heavy atom. The highest BCUT2D eigenvalue weighted by molar-refractivity contribution is 7.92. The van der Waals surface area contributed by atoms with Gasteiger partial charge in [0.25, 0.3) is 10.0 Å². The van der Waals surface area contributed by atoms with E-state index in [0.717, 1.165) is 36.4 Å². The van der Waals surface area contributed by atoms with Crippen molar-refractivity contribution in [2.45, 2.75) is 69.0 Å². The monoisotopic (exact) mass is 675 g/mol. The van der Waals surface area contributed by atoms with E-state index < -0.39 is 28.5 Å². The van der Waals surface area contributed by atoms with Crippen molar-refractivity contribution in [3.63, 3.8) is 0 Å². The lowest BCUT2D eigenvalue weighted by atomic mass is 9.95. The van der Waals surface area contributed by atoms with Crippen molar-refractivity contribution in [3.8, 4) is 11.5 Å². The van der Waals surface area contributed by atoms with Gasteiger partial charge in [0.15, 0.2) is 0 Å². The van der Waals surface area contributed by atoms with E-state index in [1.807, 2.05) is 6.92 Å². The second-order valence-corrected chi connectivity index (χ2v) is 13.5. The van der Waals surface area contributed by atoms with E-state index in [9.17, 15) is 18.0 Å². The summed E-state index contributed by atoms with van der Waals surface area (Å²) in [6.07, 6.45) is 5.20. The number of ether oxygens (including phenoxy) is 2. The Morgan fingerprint density at radius 2 is 1.56 bits per heavy atom. The molecule has 0 heterocycles. The largest absolute Gasteiger partial charge is 0.497 e. The highest BCUT2D eigenvalue weighted by Crippen LogP contribution is 2.34. The van der Waals surface area contributed by atoms with E-state index >= 15 is 0 Å². The van der Waals surface area contributed by atoms with Crippen molar-refractivity contribution in [3.05, 3.63) is 82.3 Å². The fraction of sp³-hybridized carbons (Fsp3) is 0.394. The third-order valence-electron chi connectivity index (χ3n) is 8.01. The molecule has 12 heteroatoms. The van der Waals surface area contributed by atoms with Gasteiger partial charge in [0, 0.05) is 28.2 Å². The van der Waals surface area contributed by atoms with Gasteiger partial charge >= 0.3 is 0 Å². The number of para-hydroxylation sites is 2. The summed E-state index contributed by atoms with van der Waals surface area (Å²) in [6, 6.07) is 16.5. The quantitative estimate of drug-likeness (QED) is 0.223. The minimum absolute atomic E-state index is 0.0154. The van der Waals surface area contributed by atoms with Gasteiger partial charge in [-0.3, -0.25) is 13.9 Å². The number of hydrogen-bond acceptors (Lipinski definition) is 6. The molecule has 3 aromatic rings. The first-order valence-electron chi connectivity index (χ1n) is 14.9. The zero-order valence-electron chi connectivity index (χ0n) is 25.7. The highest BCUT2D eigenvalue weighted by Gasteiger charge is 2.36. The number of benzene rings is 3. The maximum atomic E-state index is 14.4. The maximum Gasteiger partial charge on any atom is 0.264 e. The predicted octanol–water partition coefficient (Wildman–Crippen LogP) is 6.46. The van der Waals surface area contributed by atoms with Crippen molar-refractivity contribution in [1.29, 1.82) is 0 Å². The molecule has 1 aliphatic rings. The van der Waals surface area contributed by atoms with Crippen molar-refractivity contribution < 1.29 is 27.5 Å². The van der Waals surface area contributed by atoms with E-state index in [0.29, 0.717) is 21.4 Å². The van der Waals surface area contributed by atoms with Crippen LogP contribution in [0.2, 0.25) is 10.0 Å². The number of anilines is 1. The summed E-state index contributed by atoms with van der Waals surface area (Å²) in [6.45, 7) is 1.09. The highest BCUT2D eigenvalue weighted by atomic mass is 35.5. The van der Waals surface area contributed by atoms with Gasteiger partial charge < -0.3 is 19.7 Å². The zero-order chi connectivity index (χ0) is 32.6. The summed E-state index contributed by atoms with van der Waals surface area (Å²) >= 11 is 13.0. The Morgan fingerprint density at radius 1 is 0.911 bits per heavy atom. The number of halogens is 2. The number of amides is 2. The fourth-order valence-electron chi connectivity index (χ4n) is 5.54. The average Bonchev–Trinajstić information content (AvgIpc) is 3.05. The van der Waals surface area contributed by atoms with Gasteiger partial charge in [-0.1, -0.05) is 67.6 Å². The summed E-state index contributed by atoms with van der Waals surface area (Å²) in [7, 11) is -1.40. The van der Waals surface area contributed by atoms with Gasteiger partial charge in [-0.05, 0) is 67.8 Å². The van der Waals surface area contributed by atoms with E-state index in [-0.39, 0.29) is 41.2 Å². The first-order chi connectivity index (χ1) is 21.6. The molecule has 1 atom stereocenters. The summed E-state index contributed by atoms with van der Waals surface area (Å²) in [5.74, 6) is -0.181. The minimum Gasteiger partial charge on any atom is -0.497 e. The van der Waals surface area contributed by atoms with E-state index in [1.54, 1.807) is 42.5 Å². The van der Waals surface area contributed by atoms with E-state index in [4.69, 9.17) is 32.7 Å². The molecule has 1 fully saturated rings. The van der Waals surface area contributed by atoms with Gasteiger partial charge in [-0.2, -0.15) is 0 Å². The fourth-order valence-corrected chi connectivity index (χ4v) is 7.48. The van der Waals surface area contributed by atoms with Crippen LogP contribution in [0, 0.1) is 0 Å². The second-order valence-electron chi connectivity index (χ2n) is 10.8. The Kier molecular flexibility index (Phi) is 12.0. The molecule has 3 aromatic carbocycles. The van der Waals surface area contributed by atoms with Crippen LogP contribution < -0.4 is 19.1 Å². The topological polar surface area (TPSA) is 105 Å². The Balaban J connectivity index is 1.77. The van der Waals surface area contributed by atoms with Crippen LogP contribution in [-0.2, 0) is 26.2 Å². The number of hydrogen-bond donors (Lipinski definition) is 1. The van der Waals surface area contributed by atoms with Crippen molar-refractivity contribution in [2.24, 2.45) is 0 Å². The van der Waals surface area contributed by atoms with Crippen LogP contribution in [0.15, 0.2) is 71.6 Å². The van der Waals surface area contributed by atoms with Crippen molar-refractivity contribution in [1.82, 2.24) is 10.2 Å². The molecule has 0 spiro atoms. The van der Waals surface area contributed by atoms with Crippen LogP contribution in [0.25, 0.3) is 0 Å². The van der Waals surface area contributed by atoms with Crippen molar-refractivity contribution in [2.75, 3.05) is 25.1 Å². The predicted molar refractivity (Wildman–Crippen MR) is 177 cm³/mol. The van der Waals surface area contributed by atoms with Gasteiger partial charge in [-0.25, -0.2) is 8.42 Å². The molecule has 45 heavy (non-hydrogen) atoms. The van der Waals surface area contributed by atoms with Crippen molar-refractivity contribution >= 4 is 50.7 Å². The minimum atomic E-state index is -4.31. The molecule has 0 aromatic heterocycles. The average molecular weight is 677 g/mol. The van der Waals surface area contributed by atoms with Crippen LogP contribution in [-0.4, -0.2) is 58.0 Å².